The molecule has 0 heterocycles. The topological polar surface area (TPSA) is 59.3 Å². The zero-order chi connectivity index (χ0) is 13.7. The van der Waals surface area contributed by atoms with Crippen molar-refractivity contribution in [1.29, 1.82) is 5.26 Å². The van der Waals surface area contributed by atoms with Crippen LogP contribution in [0.2, 0.25) is 0 Å². The van der Waals surface area contributed by atoms with Crippen LogP contribution in [-0.2, 0) is 9.53 Å². The van der Waals surface area contributed by atoms with Crippen LogP contribution < -0.4 is 4.74 Å². The third kappa shape index (κ3) is 3.25. The number of hydrogen-bond donors (Lipinski definition) is 0. The van der Waals surface area contributed by atoms with Gasteiger partial charge in [0.15, 0.2) is 0 Å². The van der Waals surface area contributed by atoms with Crippen molar-refractivity contribution in [3.63, 3.8) is 0 Å². The maximum atomic E-state index is 11.4. The van der Waals surface area contributed by atoms with E-state index in [1.807, 2.05) is 18.2 Å². The van der Waals surface area contributed by atoms with E-state index in [0.717, 1.165) is 25.7 Å². The monoisotopic (exact) mass is 259 g/mol. The Morgan fingerprint density at radius 3 is 2.58 bits per heavy atom. The fourth-order valence-electron chi connectivity index (χ4n) is 2.42. The number of ether oxygens (including phenoxy) is 2. The lowest BCUT2D eigenvalue weighted by atomic mass is 9.87. The number of methoxy groups -OCH3 is 1. The van der Waals surface area contributed by atoms with Gasteiger partial charge in [0.25, 0.3) is 0 Å². The molecule has 0 aliphatic heterocycles. The van der Waals surface area contributed by atoms with Gasteiger partial charge < -0.3 is 9.47 Å². The van der Waals surface area contributed by atoms with Crippen molar-refractivity contribution >= 4 is 5.97 Å². The van der Waals surface area contributed by atoms with Crippen molar-refractivity contribution in [2.45, 2.75) is 31.8 Å². The molecule has 1 fully saturated rings. The Morgan fingerprint density at radius 2 is 1.95 bits per heavy atom. The summed E-state index contributed by atoms with van der Waals surface area (Å²) in [6.07, 6.45) is 3.28. The zero-order valence-electron chi connectivity index (χ0n) is 11.0. The highest BCUT2D eigenvalue weighted by atomic mass is 16.5. The average molecular weight is 259 g/mol. The summed E-state index contributed by atoms with van der Waals surface area (Å²) in [4.78, 5) is 11.4. The van der Waals surface area contributed by atoms with Gasteiger partial charge in [-0.3, -0.25) is 4.79 Å². The van der Waals surface area contributed by atoms with Gasteiger partial charge in [0.1, 0.15) is 11.8 Å². The van der Waals surface area contributed by atoms with Crippen molar-refractivity contribution in [3.05, 3.63) is 29.8 Å². The largest absolute Gasteiger partial charge is 0.489 e. The molecular formula is C15H17NO3. The Morgan fingerprint density at radius 1 is 1.26 bits per heavy atom. The summed E-state index contributed by atoms with van der Waals surface area (Å²) in [5, 5.41) is 9.00. The second-order valence-electron chi connectivity index (χ2n) is 4.72. The van der Waals surface area contributed by atoms with E-state index in [9.17, 15) is 4.79 Å². The average Bonchev–Trinajstić information content (AvgIpc) is 2.48. The number of esters is 1. The van der Waals surface area contributed by atoms with Crippen LogP contribution in [0.1, 0.15) is 31.2 Å². The maximum absolute atomic E-state index is 11.4. The summed E-state index contributed by atoms with van der Waals surface area (Å²) in [6, 6.07) is 9.35. The number of nitrogens with zero attached hydrogens (tertiary/aromatic N) is 1. The van der Waals surface area contributed by atoms with Crippen molar-refractivity contribution < 1.29 is 14.3 Å². The molecule has 0 atom stereocenters. The minimum absolute atomic E-state index is 0.00365. The molecule has 0 saturated heterocycles. The summed E-state index contributed by atoms with van der Waals surface area (Å²) >= 11 is 0. The van der Waals surface area contributed by atoms with E-state index in [0.29, 0.717) is 11.3 Å². The lowest BCUT2D eigenvalue weighted by Crippen LogP contribution is -2.28. The molecule has 1 aliphatic rings. The number of carbonyl (C=O) groups excluding carboxylic acids is 1. The molecule has 0 radical (unpaired) electrons. The first-order valence-corrected chi connectivity index (χ1v) is 6.48. The van der Waals surface area contributed by atoms with Crippen molar-refractivity contribution in [2.75, 3.05) is 7.11 Å². The second kappa shape index (κ2) is 6.24. The molecular weight excluding hydrogens is 242 g/mol. The molecule has 0 amide bonds. The SMILES string of the molecule is COC(=O)C1CCC(Oc2ccccc2C#N)CC1. The van der Waals surface area contributed by atoms with Gasteiger partial charge in [0, 0.05) is 0 Å². The third-order valence-corrected chi connectivity index (χ3v) is 3.51. The first-order valence-electron chi connectivity index (χ1n) is 6.48. The lowest BCUT2D eigenvalue weighted by Gasteiger charge is -2.27. The van der Waals surface area contributed by atoms with Crippen LogP contribution in [0.3, 0.4) is 0 Å². The van der Waals surface area contributed by atoms with Crippen molar-refractivity contribution in [2.24, 2.45) is 5.92 Å². The molecule has 0 N–H and O–H groups in total. The summed E-state index contributed by atoms with van der Waals surface area (Å²) in [7, 11) is 1.42. The van der Waals surface area contributed by atoms with Crippen LogP contribution in [0.25, 0.3) is 0 Å². The highest BCUT2D eigenvalue weighted by molar-refractivity contribution is 5.72. The molecule has 1 aliphatic carbocycles. The first-order chi connectivity index (χ1) is 9.24. The molecule has 0 spiro atoms. The third-order valence-electron chi connectivity index (χ3n) is 3.51. The number of hydrogen-bond acceptors (Lipinski definition) is 4. The highest BCUT2D eigenvalue weighted by Gasteiger charge is 2.28. The fraction of sp³-hybridized carbons (Fsp3) is 0.467. The molecule has 4 nitrogen and oxygen atoms in total. The van der Waals surface area contributed by atoms with Gasteiger partial charge in [-0.2, -0.15) is 5.26 Å². The van der Waals surface area contributed by atoms with E-state index >= 15 is 0 Å². The fourth-order valence-corrected chi connectivity index (χ4v) is 2.42. The van der Waals surface area contributed by atoms with Crippen LogP contribution in [0.4, 0.5) is 0 Å². The second-order valence-corrected chi connectivity index (χ2v) is 4.72. The standard InChI is InChI=1S/C15H17NO3/c1-18-15(17)11-6-8-13(9-7-11)19-14-5-3-2-4-12(14)10-16/h2-5,11,13H,6-9H2,1H3. The van der Waals surface area contributed by atoms with E-state index in [4.69, 9.17) is 14.7 Å². The summed E-state index contributed by atoms with van der Waals surface area (Å²) in [5.41, 5.74) is 0.553. The number of benzene rings is 1. The smallest absolute Gasteiger partial charge is 0.308 e. The molecule has 2 rings (SSSR count). The van der Waals surface area contributed by atoms with Crippen LogP contribution in [0, 0.1) is 17.2 Å². The summed E-state index contributed by atoms with van der Waals surface area (Å²) in [6.45, 7) is 0. The number of para-hydroxylation sites is 1. The van der Waals surface area contributed by atoms with Gasteiger partial charge >= 0.3 is 5.97 Å². The van der Waals surface area contributed by atoms with Gasteiger partial charge in [-0.05, 0) is 37.8 Å². The van der Waals surface area contributed by atoms with E-state index in [-0.39, 0.29) is 18.0 Å². The Bertz CT molecular complexity index is 484. The number of rotatable bonds is 3. The zero-order valence-corrected chi connectivity index (χ0v) is 11.0. The molecule has 19 heavy (non-hydrogen) atoms. The molecule has 0 unspecified atom stereocenters. The van der Waals surface area contributed by atoms with Crippen molar-refractivity contribution in [1.82, 2.24) is 0 Å². The van der Waals surface area contributed by atoms with Gasteiger partial charge in [-0.15, -0.1) is 0 Å². The molecule has 100 valence electrons. The number of nitriles is 1. The molecule has 0 aromatic heterocycles. The Hall–Kier alpha value is -2.02. The Kier molecular flexibility index (Phi) is 4.40. The molecule has 1 saturated carbocycles. The predicted octanol–water partition coefficient (Wildman–Crippen LogP) is 2.67. The molecule has 4 heteroatoms. The Balaban J connectivity index is 1.93. The van der Waals surface area contributed by atoms with Gasteiger partial charge in [-0.25, -0.2) is 0 Å². The summed E-state index contributed by atoms with van der Waals surface area (Å²) < 4.78 is 10.6. The normalized spacial score (nSPS) is 22.3. The Labute approximate surface area is 112 Å². The van der Waals surface area contributed by atoms with E-state index < -0.39 is 0 Å². The summed E-state index contributed by atoms with van der Waals surface area (Å²) in [5.74, 6) is 0.499. The van der Waals surface area contributed by atoms with Crippen LogP contribution in [0.15, 0.2) is 24.3 Å². The highest BCUT2D eigenvalue weighted by Crippen LogP contribution is 2.29. The van der Waals surface area contributed by atoms with Crippen molar-refractivity contribution in [3.8, 4) is 11.8 Å². The van der Waals surface area contributed by atoms with Crippen LogP contribution >= 0.6 is 0 Å². The number of carbonyl (C=O) groups is 1. The molecule has 1 aromatic rings. The van der Waals surface area contributed by atoms with E-state index in [2.05, 4.69) is 6.07 Å². The van der Waals surface area contributed by atoms with E-state index in [1.165, 1.54) is 7.11 Å². The lowest BCUT2D eigenvalue weighted by molar-refractivity contribution is -0.147. The van der Waals surface area contributed by atoms with Crippen LogP contribution in [0.5, 0.6) is 5.75 Å². The quantitative estimate of drug-likeness (QED) is 0.783. The molecule has 0 bridgehead atoms. The van der Waals surface area contributed by atoms with Gasteiger partial charge in [0.05, 0.1) is 24.7 Å². The minimum Gasteiger partial charge on any atom is -0.489 e. The minimum atomic E-state index is -0.129. The molecule has 1 aromatic carbocycles. The van der Waals surface area contributed by atoms with E-state index in [1.54, 1.807) is 6.07 Å². The van der Waals surface area contributed by atoms with Gasteiger partial charge in [-0.1, -0.05) is 12.1 Å². The van der Waals surface area contributed by atoms with Gasteiger partial charge in [0.2, 0.25) is 0 Å². The predicted molar refractivity (Wildman–Crippen MR) is 69.5 cm³/mol. The maximum Gasteiger partial charge on any atom is 0.308 e. The van der Waals surface area contributed by atoms with Crippen LogP contribution in [-0.4, -0.2) is 19.2 Å². The first kappa shape index (κ1) is 13.4.